The molecule has 1 amide bonds. The fourth-order valence-electron chi connectivity index (χ4n) is 2.48. The summed E-state index contributed by atoms with van der Waals surface area (Å²) >= 11 is 0. The van der Waals surface area contributed by atoms with Crippen LogP contribution in [0.4, 0.5) is 5.69 Å². The standard InChI is InChI=1S/C19H15N3O5/c1-11(23)12-5-4-6-13(9-12)20-16(24)10-27-19(26)17-14-7-2-3-8-15(14)18(25)22-21-17/h2-9H,10H2,1H3,(H,20,24)(H,22,25). The molecule has 8 heteroatoms. The van der Waals surface area contributed by atoms with E-state index in [1.807, 2.05) is 0 Å². The molecule has 0 bridgehead atoms. The van der Waals surface area contributed by atoms with Crippen LogP contribution < -0.4 is 10.9 Å². The normalized spacial score (nSPS) is 10.4. The van der Waals surface area contributed by atoms with Crippen LogP contribution in [-0.2, 0) is 9.53 Å². The second-order valence-electron chi connectivity index (χ2n) is 5.71. The first-order valence-electron chi connectivity index (χ1n) is 8.01. The molecule has 0 spiro atoms. The smallest absolute Gasteiger partial charge is 0.359 e. The number of Topliss-reactive ketones (excluding diaryl/α,β-unsaturated/α-hetero) is 1. The molecule has 0 atom stereocenters. The first kappa shape index (κ1) is 18.0. The maximum atomic E-state index is 12.2. The van der Waals surface area contributed by atoms with Crippen molar-refractivity contribution in [2.45, 2.75) is 6.92 Å². The Bertz CT molecular complexity index is 1100. The molecule has 2 N–H and O–H groups in total. The lowest BCUT2D eigenvalue weighted by molar-refractivity contribution is -0.119. The molecule has 1 heterocycles. The number of H-pyrrole nitrogens is 1. The van der Waals surface area contributed by atoms with Crippen LogP contribution in [0, 0.1) is 0 Å². The minimum Gasteiger partial charge on any atom is -0.451 e. The highest BCUT2D eigenvalue weighted by Gasteiger charge is 2.17. The zero-order chi connectivity index (χ0) is 19.4. The Morgan fingerprint density at radius 1 is 1.07 bits per heavy atom. The molecule has 1 aromatic heterocycles. The fraction of sp³-hybridized carbons (Fsp3) is 0.105. The summed E-state index contributed by atoms with van der Waals surface area (Å²) in [4.78, 5) is 47.3. The third-order valence-corrected chi connectivity index (χ3v) is 3.78. The van der Waals surface area contributed by atoms with E-state index >= 15 is 0 Å². The lowest BCUT2D eigenvalue weighted by Crippen LogP contribution is -2.22. The molecule has 0 saturated carbocycles. The molecular formula is C19H15N3O5. The Labute approximate surface area is 153 Å². The van der Waals surface area contributed by atoms with Gasteiger partial charge >= 0.3 is 5.97 Å². The van der Waals surface area contributed by atoms with Gasteiger partial charge in [-0.15, -0.1) is 0 Å². The Morgan fingerprint density at radius 2 is 1.81 bits per heavy atom. The number of aromatic nitrogens is 2. The molecule has 0 fully saturated rings. The van der Waals surface area contributed by atoms with E-state index in [2.05, 4.69) is 15.5 Å². The predicted molar refractivity (Wildman–Crippen MR) is 97.7 cm³/mol. The number of hydrogen-bond donors (Lipinski definition) is 2. The van der Waals surface area contributed by atoms with Crippen LogP contribution in [0.15, 0.2) is 53.3 Å². The molecular weight excluding hydrogens is 350 g/mol. The van der Waals surface area contributed by atoms with Crippen molar-refractivity contribution < 1.29 is 19.1 Å². The van der Waals surface area contributed by atoms with Crippen molar-refractivity contribution in [2.24, 2.45) is 0 Å². The Hall–Kier alpha value is -3.81. The largest absolute Gasteiger partial charge is 0.451 e. The third kappa shape index (κ3) is 4.06. The van der Waals surface area contributed by atoms with Gasteiger partial charge in [0.05, 0.1) is 5.39 Å². The van der Waals surface area contributed by atoms with Crippen LogP contribution in [0.1, 0.15) is 27.8 Å². The summed E-state index contributed by atoms with van der Waals surface area (Å²) < 4.78 is 4.99. The molecule has 2 aromatic carbocycles. The van der Waals surface area contributed by atoms with E-state index in [1.165, 1.54) is 13.0 Å². The summed E-state index contributed by atoms with van der Waals surface area (Å²) in [5.74, 6) is -1.54. The zero-order valence-electron chi connectivity index (χ0n) is 14.3. The summed E-state index contributed by atoms with van der Waals surface area (Å²) in [6.45, 7) is 0.877. The topological polar surface area (TPSA) is 118 Å². The highest BCUT2D eigenvalue weighted by atomic mass is 16.5. The number of amides is 1. The van der Waals surface area contributed by atoms with Crippen LogP contribution in [-0.4, -0.2) is 34.5 Å². The van der Waals surface area contributed by atoms with Crippen molar-refractivity contribution in [3.05, 3.63) is 70.1 Å². The van der Waals surface area contributed by atoms with E-state index in [-0.39, 0.29) is 11.5 Å². The van der Waals surface area contributed by atoms with Gasteiger partial charge in [-0.1, -0.05) is 30.3 Å². The lowest BCUT2D eigenvalue weighted by Gasteiger charge is -2.08. The first-order valence-corrected chi connectivity index (χ1v) is 8.01. The summed E-state index contributed by atoms with van der Waals surface area (Å²) in [5, 5.41) is 9.12. The second kappa shape index (κ2) is 7.61. The zero-order valence-corrected chi connectivity index (χ0v) is 14.3. The number of rotatable bonds is 5. The number of aromatic amines is 1. The number of hydrogen-bond acceptors (Lipinski definition) is 6. The van der Waals surface area contributed by atoms with Crippen LogP contribution in [0.25, 0.3) is 10.8 Å². The van der Waals surface area contributed by atoms with Crippen LogP contribution in [0.3, 0.4) is 0 Å². The second-order valence-corrected chi connectivity index (χ2v) is 5.71. The average Bonchev–Trinajstić information content (AvgIpc) is 2.67. The predicted octanol–water partition coefficient (Wildman–Crippen LogP) is 1.92. The molecule has 0 radical (unpaired) electrons. The van der Waals surface area contributed by atoms with E-state index in [4.69, 9.17) is 4.74 Å². The number of ether oxygens (including phenoxy) is 1. The van der Waals surface area contributed by atoms with E-state index in [0.717, 1.165) is 0 Å². The van der Waals surface area contributed by atoms with Crippen molar-refractivity contribution in [1.82, 2.24) is 10.2 Å². The van der Waals surface area contributed by atoms with Gasteiger partial charge in [0.25, 0.3) is 11.5 Å². The summed E-state index contributed by atoms with van der Waals surface area (Å²) in [6, 6.07) is 12.9. The molecule has 3 rings (SSSR count). The summed E-state index contributed by atoms with van der Waals surface area (Å²) in [5.41, 5.74) is 0.354. The molecule has 0 aliphatic rings. The van der Waals surface area contributed by atoms with Gasteiger partial charge < -0.3 is 10.1 Å². The number of fused-ring (bicyclic) bond motifs is 1. The van der Waals surface area contributed by atoms with Crippen LogP contribution in [0.2, 0.25) is 0 Å². The van der Waals surface area contributed by atoms with Gasteiger partial charge in [0, 0.05) is 16.6 Å². The SMILES string of the molecule is CC(=O)c1cccc(NC(=O)COC(=O)c2n[nH]c(=O)c3ccccc23)c1. The number of nitrogens with one attached hydrogen (secondary N) is 2. The number of carbonyl (C=O) groups is 3. The first-order chi connectivity index (χ1) is 13.0. The fourth-order valence-corrected chi connectivity index (χ4v) is 2.48. The summed E-state index contributed by atoms with van der Waals surface area (Å²) in [7, 11) is 0. The molecule has 8 nitrogen and oxygen atoms in total. The highest BCUT2D eigenvalue weighted by Crippen LogP contribution is 2.14. The van der Waals surface area contributed by atoms with E-state index in [0.29, 0.717) is 22.0 Å². The maximum absolute atomic E-state index is 12.2. The molecule has 3 aromatic rings. The minimum absolute atomic E-state index is 0.0865. The highest BCUT2D eigenvalue weighted by molar-refractivity contribution is 6.03. The van der Waals surface area contributed by atoms with Gasteiger partial charge in [0.2, 0.25) is 0 Å². The van der Waals surface area contributed by atoms with Crippen molar-refractivity contribution >= 4 is 34.1 Å². The third-order valence-electron chi connectivity index (χ3n) is 3.78. The quantitative estimate of drug-likeness (QED) is 0.527. The van der Waals surface area contributed by atoms with Crippen molar-refractivity contribution in [1.29, 1.82) is 0 Å². The van der Waals surface area contributed by atoms with Gasteiger partial charge in [0.15, 0.2) is 18.1 Å². The summed E-state index contributed by atoms with van der Waals surface area (Å²) in [6.07, 6.45) is 0. The minimum atomic E-state index is -0.838. The van der Waals surface area contributed by atoms with E-state index in [9.17, 15) is 19.2 Å². The Kier molecular flexibility index (Phi) is 5.07. The van der Waals surface area contributed by atoms with Crippen LogP contribution in [0.5, 0.6) is 0 Å². The molecule has 0 unspecified atom stereocenters. The van der Waals surface area contributed by atoms with E-state index in [1.54, 1.807) is 42.5 Å². The average molecular weight is 365 g/mol. The van der Waals surface area contributed by atoms with Crippen LogP contribution >= 0.6 is 0 Å². The number of carbonyl (C=O) groups excluding carboxylic acids is 3. The van der Waals surface area contributed by atoms with Crippen molar-refractivity contribution in [3.63, 3.8) is 0 Å². The van der Waals surface area contributed by atoms with Gasteiger partial charge in [-0.2, -0.15) is 5.10 Å². The molecule has 0 aliphatic carbocycles. The van der Waals surface area contributed by atoms with E-state index < -0.39 is 24.0 Å². The number of benzene rings is 2. The lowest BCUT2D eigenvalue weighted by atomic mass is 10.1. The number of ketones is 1. The molecule has 136 valence electrons. The van der Waals surface area contributed by atoms with Crippen molar-refractivity contribution in [3.8, 4) is 0 Å². The number of nitrogens with zero attached hydrogens (tertiary/aromatic N) is 1. The Morgan fingerprint density at radius 3 is 2.56 bits per heavy atom. The number of esters is 1. The van der Waals surface area contributed by atoms with Gasteiger partial charge in [-0.05, 0) is 25.1 Å². The Balaban J connectivity index is 1.68. The van der Waals surface area contributed by atoms with Gasteiger partial charge in [-0.3, -0.25) is 14.4 Å². The van der Waals surface area contributed by atoms with Crippen molar-refractivity contribution in [2.75, 3.05) is 11.9 Å². The van der Waals surface area contributed by atoms with Gasteiger partial charge in [0.1, 0.15) is 0 Å². The van der Waals surface area contributed by atoms with Gasteiger partial charge in [-0.25, -0.2) is 9.89 Å². The molecule has 0 aliphatic heterocycles. The molecule has 27 heavy (non-hydrogen) atoms. The maximum Gasteiger partial charge on any atom is 0.359 e. The molecule has 0 saturated heterocycles. The number of anilines is 1. The monoisotopic (exact) mass is 365 g/mol.